The van der Waals surface area contributed by atoms with Gasteiger partial charge in [0.2, 0.25) is 5.88 Å². The minimum Gasteiger partial charge on any atom is -0.469 e. The van der Waals surface area contributed by atoms with E-state index >= 15 is 0 Å². The summed E-state index contributed by atoms with van der Waals surface area (Å²) < 4.78 is 36.3. The lowest BCUT2D eigenvalue weighted by molar-refractivity contribution is -0.142. The maximum atomic E-state index is 12.5. The molecular weight excluding hydrogens is 395 g/mol. The molecule has 1 atom stereocenters. The van der Waals surface area contributed by atoms with Crippen LogP contribution in [-0.2, 0) is 16.6 Å². The minimum atomic E-state index is -3.11. The van der Waals surface area contributed by atoms with Gasteiger partial charge in [-0.15, -0.1) is 16.7 Å². The summed E-state index contributed by atoms with van der Waals surface area (Å²) in [6.45, 7) is -3.11. The van der Waals surface area contributed by atoms with Gasteiger partial charge in [-0.1, -0.05) is 11.6 Å². The van der Waals surface area contributed by atoms with E-state index in [-0.39, 0.29) is 40.3 Å². The van der Waals surface area contributed by atoms with Crippen LogP contribution in [0.4, 0.5) is 8.78 Å². The van der Waals surface area contributed by atoms with Gasteiger partial charge in [-0.3, -0.25) is 4.79 Å². The molecule has 2 aromatic rings. The van der Waals surface area contributed by atoms with Gasteiger partial charge >= 0.3 is 12.6 Å². The summed E-state index contributed by atoms with van der Waals surface area (Å²) in [7, 11) is 2.54. The van der Waals surface area contributed by atoms with E-state index in [1.165, 1.54) is 20.4 Å². The van der Waals surface area contributed by atoms with E-state index in [0.29, 0.717) is 0 Å². The number of hydrogen-bond donors (Lipinski definition) is 0. The second-order valence-corrected chi connectivity index (χ2v) is 5.72. The molecule has 26 heavy (non-hydrogen) atoms. The highest BCUT2D eigenvalue weighted by Crippen LogP contribution is 2.34. The summed E-state index contributed by atoms with van der Waals surface area (Å²) in [6, 6.07) is 1.91. The molecular formula is C14H13Cl2F2N5O3. The van der Waals surface area contributed by atoms with Crippen LogP contribution in [0.1, 0.15) is 23.6 Å². The summed E-state index contributed by atoms with van der Waals surface area (Å²) in [6.07, 6.45) is 1.36. The fourth-order valence-corrected chi connectivity index (χ4v) is 2.89. The zero-order chi connectivity index (χ0) is 19.4. The predicted octanol–water partition coefficient (Wildman–Crippen LogP) is 2.62. The van der Waals surface area contributed by atoms with Gasteiger partial charge in [0, 0.05) is 12.9 Å². The Balaban J connectivity index is 2.64. The topological polar surface area (TPSA) is 95.0 Å². The number of carbonyl (C=O) groups excluding carboxylic acids is 1. The van der Waals surface area contributed by atoms with E-state index in [1.54, 1.807) is 0 Å². The maximum absolute atomic E-state index is 12.5. The van der Waals surface area contributed by atoms with Crippen molar-refractivity contribution in [2.45, 2.75) is 19.0 Å². The standard InChI is InChI=1S/C14H13Cl2F2N5O3/c1-22-12(26-14(17)18)9(16)11(21-22)23-10(7(5-19)6-20-23)8(3-4-15)13(24)25-2/h6,8,14H,3-4H2,1-2H3. The van der Waals surface area contributed by atoms with E-state index in [9.17, 15) is 18.8 Å². The van der Waals surface area contributed by atoms with Gasteiger partial charge in [0.1, 0.15) is 17.0 Å². The van der Waals surface area contributed by atoms with Crippen LogP contribution in [0.15, 0.2) is 6.20 Å². The SMILES string of the molecule is COC(=O)C(CCCl)c1c(C#N)cnn1-c1nn(C)c(OC(F)F)c1Cl. The lowest BCUT2D eigenvalue weighted by Gasteiger charge is -2.15. The lowest BCUT2D eigenvalue weighted by atomic mass is 9.99. The van der Waals surface area contributed by atoms with Gasteiger partial charge in [-0.25, -0.2) is 9.36 Å². The van der Waals surface area contributed by atoms with Crippen LogP contribution in [0, 0.1) is 11.3 Å². The molecule has 140 valence electrons. The lowest BCUT2D eigenvalue weighted by Crippen LogP contribution is -2.20. The largest absolute Gasteiger partial charge is 0.469 e. The second-order valence-electron chi connectivity index (χ2n) is 4.97. The normalized spacial score (nSPS) is 12.1. The van der Waals surface area contributed by atoms with Crippen LogP contribution >= 0.6 is 23.2 Å². The Kier molecular flexibility index (Phi) is 6.39. The van der Waals surface area contributed by atoms with Crippen molar-refractivity contribution in [3.8, 4) is 17.8 Å². The zero-order valence-electron chi connectivity index (χ0n) is 13.6. The van der Waals surface area contributed by atoms with E-state index < -0.39 is 18.5 Å². The van der Waals surface area contributed by atoms with Gasteiger partial charge in [0.05, 0.1) is 24.6 Å². The Hall–Kier alpha value is -2.38. The van der Waals surface area contributed by atoms with Crippen LogP contribution in [0.3, 0.4) is 0 Å². The molecule has 12 heteroatoms. The first-order chi connectivity index (χ1) is 12.3. The molecule has 2 aromatic heterocycles. The Labute approximate surface area is 156 Å². The summed E-state index contributed by atoms with van der Waals surface area (Å²) in [5.41, 5.74) is 0.215. The zero-order valence-corrected chi connectivity index (χ0v) is 15.1. The first kappa shape index (κ1) is 19.9. The van der Waals surface area contributed by atoms with Crippen LogP contribution in [0.5, 0.6) is 5.88 Å². The number of carbonyl (C=O) groups is 1. The van der Waals surface area contributed by atoms with Crippen LogP contribution in [0.2, 0.25) is 5.02 Å². The number of rotatable bonds is 7. The monoisotopic (exact) mass is 407 g/mol. The van der Waals surface area contributed by atoms with Gasteiger partial charge in [0.25, 0.3) is 0 Å². The Bertz CT molecular complexity index is 846. The first-order valence-electron chi connectivity index (χ1n) is 7.15. The number of methoxy groups -OCH3 is 1. The molecule has 0 saturated heterocycles. The molecule has 2 rings (SSSR count). The van der Waals surface area contributed by atoms with E-state index in [1.807, 2.05) is 6.07 Å². The van der Waals surface area contributed by atoms with Crippen molar-refractivity contribution in [3.05, 3.63) is 22.5 Å². The fraction of sp³-hybridized carbons (Fsp3) is 0.429. The van der Waals surface area contributed by atoms with Crippen LogP contribution < -0.4 is 4.74 Å². The number of ether oxygens (including phenoxy) is 2. The van der Waals surface area contributed by atoms with E-state index in [0.717, 1.165) is 9.36 Å². The molecule has 0 saturated carbocycles. The highest BCUT2D eigenvalue weighted by molar-refractivity contribution is 6.33. The summed E-state index contributed by atoms with van der Waals surface area (Å²) >= 11 is 11.9. The number of nitrogens with zero attached hydrogens (tertiary/aromatic N) is 5. The third kappa shape index (κ3) is 3.73. The smallest absolute Gasteiger partial charge is 0.388 e. The molecule has 0 aromatic carbocycles. The average Bonchev–Trinajstić information content (AvgIpc) is 3.14. The van der Waals surface area contributed by atoms with Crippen molar-refractivity contribution >= 4 is 29.2 Å². The summed E-state index contributed by atoms with van der Waals surface area (Å²) in [4.78, 5) is 12.1. The quantitative estimate of drug-likeness (QED) is 0.517. The number of alkyl halides is 3. The third-order valence-corrected chi connectivity index (χ3v) is 4.01. The Morgan fingerprint density at radius 1 is 1.50 bits per heavy atom. The molecule has 8 nitrogen and oxygen atoms in total. The highest BCUT2D eigenvalue weighted by atomic mass is 35.5. The number of aromatic nitrogens is 4. The minimum absolute atomic E-state index is 0.0727. The second kappa shape index (κ2) is 8.33. The molecule has 2 heterocycles. The average molecular weight is 408 g/mol. The van der Waals surface area contributed by atoms with E-state index in [2.05, 4.69) is 14.9 Å². The molecule has 0 amide bonds. The Morgan fingerprint density at radius 3 is 2.73 bits per heavy atom. The molecule has 1 unspecified atom stereocenters. The predicted molar refractivity (Wildman–Crippen MR) is 86.8 cm³/mol. The maximum Gasteiger partial charge on any atom is 0.388 e. The molecule has 0 spiro atoms. The first-order valence-corrected chi connectivity index (χ1v) is 8.06. The third-order valence-electron chi connectivity index (χ3n) is 3.46. The van der Waals surface area contributed by atoms with Crippen LogP contribution in [-0.4, -0.2) is 45.1 Å². The highest BCUT2D eigenvalue weighted by Gasteiger charge is 2.31. The van der Waals surface area contributed by atoms with Crippen molar-refractivity contribution < 1.29 is 23.0 Å². The molecule has 0 aliphatic carbocycles. The van der Waals surface area contributed by atoms with Gasteiger partial charge in [0.15, 0.2) is 5.82 Å². The molecule has 0 bridgehead atoms. The molecule has 0 radical (unpaired) electrons. The number of aryl methyl sites for hydroxylation is 1. The molecule has 0 N–H and O–H groups in total. The number of esters is 1. The number of hydrogen-bond acceptors (Lipinski definition) is 6. The van der Waals surface area contributed by atoms with Crippen molar-refractivity contribution in [1.29, 1.82) is 5.26 Å². The summed E-state index contributed by atoms with van der Waals surface area (Å²) in [5, 5.41) is 17.1. The number of nitriles is 1. The summed E-state index contributed by atoms with van der Waals surface area (Å²) in [5.74, 6) is -1.92. The van der Waals surface area contributed by atoms with Crippen molar-refractivity contribution in [2.75, 3.05) is 13.0 Å². The van der Waals surface area contributed by atoms with Gasteiger partial charge in [-0.2, -0.15) is 19.1 Å². The van der Waals surface area contributed by atoms with Gasteiger partial charge < -0.3 is 9.47 Å². The fourth-order valence-electron chi connectivity index (χ4n) is 2.38. The Morgan fingerprint density at radius 2 is 2.19 bits per heavy atom. The van der Waals surface area contributed by atoms with Gasteiger partial charge in [-0.05, 0) is 6.42 Å². The van der Waals surface area contributed by atoms with Crippen molar-refractivity contribution in [2.24, 2.45) is 7.05 Å². The number of halogens is 4. The van der Waals surface area contributed by atoms with Crippen molar-refractivity contribution in [1.82, 2.24) is 19.6 Å². The molecule has 0 fully saturated rings. The van der Waals surface area contributed by atoms with Crippen molar-refractivity contribution in [3.63, 3.8) is 0 Å². The molecule has 0 aliphatic heterocycles. The van der Waals surface area contributed by atoms with Crippen LogP contribution in [0.25, 0.3) is 5.82 Å². The van der Waals surface area contributed by atoms with E-state index in [4.69, 9.17) is 27.9 Å². The molecule has 0 aliphatic rings.